The van der Waals surface area contributed by atoms with Crippen LogP contribution in [0.1, 0.15) is 10.6 Å². The van der Waals surface area contributed by atoms with Gasteiger partial charge in [0.25, 0.3) is 0 Å². The van der Waals surface area contributed by atoms with Gasteiger partial charge in [0.05, 0.1) is 16.3 Å². The van der Waals surface area contributed by atoms with E-state index in [1.807, 2.05) is 91.0 Å². The molecule has 0 unspecified atom stereocenters. The lowest BCUT2D eigenvalue weighted by molar-refractivity contribution is 0.630. The summed E-state index contributed by atoms with van der Waals surface area (Å²) in [6, 6.07) is 31.1. The van der Waals surface area contributed by atoms with Crippen molar-refractivity contribution in [2.24, 2.45) is 4.99 Å². The Hall–Kier alpha value is -4.03. The van der Waals surface area contributed by atoms with Crippen LogP contribution in [0.3, 0.4) is 0 Å². The first kappa shape index (κ1) is 21.5. The van der Waals surface area contributed by atoms with Crippen LogP contribution < -0.4 is 0 Å². The third-order valence-corrected chi connectivity index (χ3v) is 7.19. The largest absolute Gasteiger partial charge is 0.678 e. The smallest absolute Gasteiger partial charge is 0.325 e. The van der Waals surface area contributed by atoms with Gasteiger partial charge in [0.1, 0.15) is 0 Å². The van der Waals surface area contributed by atoms with E-state index in [0.29, 0.717) is 17.1 Å². The van der Waals surface area contributed by atoms with E-state index in [-0.39, 0.29) is 0 Å². The van der Waals surface area contributed by atoms with Crippen molar-refractivity contribution in [3.63, 3.8) is 0 Å². The average Bonchev–Trinajstić information content (AvgIpc) is 3.62. The molecule has 0 atom stereocenters. The minimum Gasteiger partial charge on any atom is -0.325 e. The first-order valence-electron chi connectivity index (χ1n) is 11.3. The van der Waals surface area contributed by atoms with Crippen molar-refractivity contribution in [1.82, 2.24) is 4.48 Å². The fraction of sp³-hybridized carbons (Fsp3) is 0. The highest BCUT2D eigenvalue weighted by atomic mass is 32.1. The first-order valence-corrected chi connectivity index (χ1v) is 12.1. The molecule has 5 aromatic rings. The Labute approximate surface area is 206 Å². The third kappa shape index (κ3) is 4.06. The van der Waals surface area contributed by atoms with Gasteiger partial charge in [0.2, 0.25) is 0 Å². The van der Waals surface area contributed by atoms with Crippen LogP contribution in [0.25, 0.3) is 38.5 Å². The van der Waals surface area contributed by atoms with E-state index >= 15 is 0 Å². The van der Waals surface area contributed by atoms with Gasteiger partial charge in [-0.05, 0) is 52.9 Å². The average molecular weight is 476 g/mol. The van der Waals surface area contributed by atoms with Crippen LogP contribution in [0.2, 0.25) is 0 Å². The lowest BCUT2D eigenvalue weighted by Crippen LogP contribution is -2.16. The van der Waals surface area contributed by atoms with E-state index in [1.54, 1.807) is 17.4 Å². The summed E-state index contributed by atoms with van der Waals surface area (Å²) in [5, 5.41) is 1.17. The highest BCUT2D eigenvalue weighted by Gasteiger charge is 2.27. The Morgan fingerprint density at radius 1 is 0.771 bits per heavy atom. The molecule has 0 saturated heterocycles. The van der Waals surface area contributed by atoms with Gasteiger partial charge in [-0.1, -0.05) is 78.9 Å². The normalized spacial score (nSPS) is 14.1. The molecule has 0 amide bonds. The first-order chi connectivity index (χ1) is 17.2. The molecule has 2 nitrogen and oxygen atoms in total. The van der Waals surface area contributed by atoms with Crippen LogP contribution in [-0.4, -0.2) is 17.6 Å². The number of halogens is 2. The van der Waals surface area contributed by atoms with Crippen molar-refractivity contribution >= 4 is 40.6 Å². The zero-order valence-electron chi connectivity index (χ0n) is 18.6. The lowest BCUT2D eigenvalue weighted by Gasteiger charge is -2.10. The number of hydrogen-bond acceptors (Lipinski definition) is 2. The number of thiophene rings is 1. The Balaban J connectivity index is 1.50. The van der Waals surface area contributed by atoms with Crippen LogP contribution in [-0.2, 0) is 0 Å². The maximum Gasteiger partial charge on any atom is 0.678 e. The van der Waals surface area contributed by atoms with Gasteiger partial charge in [-0.15, -0.1) is 11.3 Å². The minimum absolute atomic E-state index is 0.436. The summed E-state index contributed by atoms with van der Waals surface area (Å²) < 4.78 is 31.3. The summed E-state index contributed by atoms with van der Waals surface area (Å²) in [5.41, 5.74) is 4.77. The third-order valence-electron chi connectivity index (χ3n) is 6.05. The number of benzene rings is 3. The highest BCUT2D eigenvalue weighted by molar-refractivity contribution is 7.21. The highest BCUT2D eigenvalue weighted by Crippen LogP contribution is 2.36. The number of aliphatic imine (C=N–C) groups is 1. The SMILES string of the molecule is FB(F)n1c(-c2ccccc2)cc(-c2ccccc2)c1/C=C1/C=CC(c2cc3ccccc3s2)=N1. The quantitative estimate of drug-likeness (QED) is 0.228. The molecule has 168 valence electrons. The summed E-state index contributed by atoms with van der Waals surface area (Å²) in [7, 11) is -2.70. The Morgan fingerprint density at radius 3 is 2.17 bits per heavy atom. The second kappa shape index (κ2) is 8.97. The van der Waals surface area contributed by atoms with Crippen molar-refractivity contribution in [1.29, 1.82) is 0 Å². The molecule has 1 aliphatic rings. The van der Waals surface area contributed by atoms with Gasteiger partial charge in [0, 0.05) is 21.7 Å². The molecule has 0 N–H and O–H groups in total. The molecule has 3 heterocycles. The summed E-state index contributed by atoms with van der Waals surface area (Å²) in [4.78, 5) is 5.84. The summed E-state index contributed by atoms with van der Waals surface area (Å²) in [5.74, 6) is 0. The van der Waals surface area contributed by atoms with Crippen molar-refractivity contribution in [2.45, 2.75) is 0 Å². The van der Waals surface area contributed by atoms with E-state index in [4.69, 9.17) is 4.99 Å². The van der Waals surface area contributed by atoms with Gasteiger partial charge < -0.3 is 4.48 Å². The molecule has 6 heteroatoms. The maximum atomic E-state index is 14.5. The van der Waals surface area contributed by atoms with Gasteiger partial charge in [-0.2, -0.15) is 0 Å². The number of nitrogens with zero attached hydrogens (tertiary/aromatic N) is 2. The molecule has 1 aliphatic heterocycles. The molecule has 6 rings (SSSR count). The number of hydrogen-bond donors (Lipinski definition) is 0. The predicted molar refractivity (Wildman–Crippen MR) is 144 cm³/mol. The summed E-state index contributed by atoms with van der Waals surface area (Å²) >= 11 is 1.68. The van der Waals surface area contributed by atoms with Gasteiger partial charge >= 0.3 is 7.40 Å². The molecule has 35 heavy (non-hydrogen) atoms. The topological polar surface area (TPSA) is 17.3 Å². The fourth-order valence-corrected chi connectivity index (χ4v) is 5.45. The van der Waals surface area contributed by atoms with Crippen LogP contribution in [0.5, 0.6) is 0 Å². The molecule has 0 fully saturated rings. The molecule has 0 bridgehead atoms. The van der Waals surface area contributed by atoms with Crippen molar-refractivity contribution in [2.75, 3.05) is 0 Å². The van der Waals surface area contributed by atoms with Gasteiger partial charge in [-0.25, -0.2) is 4.99 Å². The van der Waals surface area contributed by atoms with Crippen LogP contribution in [0.4, 0.5) is 8.63 Å². The van der Waals surface area contributed by atoms with Gasteiger partial charge in [-0.3, -0.25) is 8.63 Å². The second-order valence-corrected chi connectivity index (χ2v) is 9.34. The Morgan fingerprint density at radius 2 is 1.46 bits per heavy atom. The monoisotopic (exact) mass is 476 g/mol. The Bertz CT molecular complexity index is 1580. The number of fused-ring (bicyclic) bond motifs is 1. The zero-order chi connectivity index (χ0) is 23.8. The molecular formula is C29H19BF2N2S. The van der Waals surface area contributed by atoms with E-state index in [0.717, 1.165) is 31.8 Å². The zero-order valence-corrected chi connectivity index (χ0v) is 19.4. The molecule has 2 aromatic heterocycles. The van der Waals surface area contributed by atoms with E-state index < -0.39 is 7.40 Å². The fourth-order valence-electron chi connectivity index (χ4n) is 4.42. The molecule has 0 aliphatic carbocycles. The number of aromatic nitrogens is 1. The van der Waals surface area contributed by atoms with Crippen molar-refractivity contribution in [3.8, 4) is 22.4 Å². The minimum atomic E-state index is -2.70. The molecule has 0 spiro atoms. The van der Waals surface area contributed by atoms with Crippen molar-refractivity contribution in [3.05, 3.63) is 125 Å². The number of allylic oxidation sites excluding steroid dienone is 2. The van der Waals surface area contributed by atoms with E-state index in [1.165, 1.54) is 10.1 Å². The lowest BCUT2D eigenvalue weighted by atomic mass is 10.0. The molecule has 0 radical (unpaired) electrons. The molecule has 0 saturated carbocycles. The molecule has 3 aromatic carbocycles. The second-order valence-electron chi connectivity index (χ2n) is 8.26. The Kier molecular flexibility index (Phi) is 5.51. The van der Waals surface area contributed by atoms with Crippen molar-refractivity contribution < 1.29 is 8.63 Å². The van der Waals surface area contributed by atoms with Gasteiger partial charge in [0.15, 0.2) is 0 Å². The summed E-state index contributed by atoms with van der Waals surface area (Å²) in [6.07, 6.45) is 5.60. The van der Waals surface area contributed by atoms with Crippen LogP contribution in [0.15, 0.2) is 120 Å². The van der Waals surface area contributed by atoms with Crippen LogP contribution in [0, 0.1) is 0 Å². The predicted octanol–water partition coefficient (Wildman–Crippen LogP) is 8.21. The standard InChI is InChI=1S/C29H19BF2N2S/c31-30(32)34-26(21-11-5-2-6-12-21)19-24(20-9-3-1-4-10-20)27(34)18-23-15-16-25(33-23)29-17-22-13-7-8-14-28(22)35-29/h1-19H/b23-18-. The van der Waals surface area contributed by atoms with E-state index in [9.17, 15) is 8.63 Å². The van der Waals surface area contributed by atoms with Crippen LogP contribution >= 0.6 is 11.3 Å². The van der Waals surface area contributed by atoms with E-state index in [2.05, 4.69) is 18.2 Å². The number of rotatable bonds is 5. The maximum absolute atomic E-state index is 14.5. The summed E-state index contributed by atoms with van der Waals surface area (Å²) in [6.45, 7) is 0. The molecular weight excluding hydrogens is 457 g/mol.